The van der Waals surface area contributed by atoms with Gasteiger partial charge in [0, 0.05) is 46.2 Å². The number of nitrogens with zero attached hydrogens (tertiary/aromatic N) is 3. The lowest BCUT2D eigenvalue weighted by molar-refractivity contribution is -0.137. The molecule has 10 heteroatoms. The van der Waals surface area contributed by atoms with Gasteiger partial charge in [0.2, 0.25) is 0 Å². The zero-order chi connectivity index (χ0) is 25.0. The molecule has 0 spiro atoms. The normalized spacial score (nSPS) is 13.7. The highest BCUT2D eigenvalue weighted by Crippen LogP contribution is 2.33. The fraction of sp³-hybridized carbons (Fsp3) is 0.333. The molecular formula is C24H30FN5O3S. The van der Waals surface area contributed by atoms with Crippen molar-refractivity contribution in [2.45, 2.75) is 33.8 Å². The number of aromatic nitrogens is 2. The first-order valence-electron chi connectivity index (χ1n) is 10.9. The SMILES string of the molecule is C=S(C)(=O)Nc1cc(C)c2c(Nc3ccc(F)cc3OC(C)C(=O)N(CC)CC)ncnc2c1. The average molecular weight is 488 g/mol. The molecule has 0 saturated heterocycles. The summed E-state index contributed by atoms with van der Waals surface area (Å²) in [4.78, 5) is 23.0. The number of fused-ring (bicyclic) bond motifs is 1. The molecule has 1 amide bonds. The van der Waals surface area contributed by atoms with Crippen LogP contribution in [0.2, 0.25) is 0 Å². The van der Waals surface area contributed by atoms with E-state index in [0.29, 0.717) is 35.8 Å². The van der Waals surface area contributed by atoms with Crippen molar-refractivity contribution in [2.75, 3.05) is 29.4 Å². The second-order valence-corrected chi connectivity index (χ2v) is 10.3. The minimum Gasteiger partial charge on any atom is -0.479 e. The van der Waals surface area contributed by atoms with Crippen molar-refractivity contribution in [1.29, 1.82) is 0 Å². The molecule has 3 rings (SSSR count). The van der Waals surface area contributed by atoms with Crippen LogP contribution in [-0.2, 0) is 14.5 Å². The van der Waals surface area contributed by atoms with Crippen LogP contribution in [0.25, 0.3) is 10.9 Å². The number of halogens is 1. The molecule has 2 unspecified atom stereocenters. The first-order chi connectivity index (χ1) is 16.0. The maximum Gasteiger partial charge on any atom is 0.263 e. The number of benzene rings is 2. The summed E-state index contributed by atoms with van der Waals surface area (Å²) in [6.45, 7) is 8.42. The Morgan fingerprint density at radius 1 is 1.24 bits per heavy atom. The van der Waals surface area contributed by atoms with E-state index in [4.69, 9.17) is 4.74 Å². The Kier molecular flexibility index (Phi) is 7.61. The quantitative estimate of drug-likeness (QED) is 0.441. The Balaban J connectivity index is 1.97. The molecule has 0 aliphatic carbocycles. The zero-order valence-electron chi connectivity index (χ0n) is 20.0. The van der Waals surface area contributed by atoms with Gasteiger partial charge >= 0.3 is 0 Å². The van der Waals surface area contributed by atoms with Crippen molar-refractivity contribution >= 4 is 49.6 Å². The van der Waals surface area contributed by atoms with Gasteiger partial charge in [-0.1, -0.05) is 0 Å². The van der Waals surface area contributed by atoms with Crippen molar-refractivity contribution in [3.63, 3.8) is 0 Å². The molecule has 1 heterocycles. The fourth-order valence-corrected chi connectivity index (χ4v) is 4.27. The third-order valence-electron chi connectivity index (χ3n) is 5.19. The van der Waals surface area contributed by atoms with Crippen LogP contribution in [0.4, 0.5) is 21.6 Å². The van der Waals surface area contributed by atoms with Crippen LogP contribution in [0.3, 0.4) is 0 Å². The van der Waals surface area contributed by atoms with Crippen molar-refractivity contribution in [2.24, 2.45) is 0 Å². The van der Waals surface area contributed by atoms with Crippen LogP contribution < -0.4 is 14.8 Å². The Morgan fingerprint density at radius 3 is 2.59 bits per heavy atom. The summed E-state index contributed by atoms with van der Waals surface area (Å²) in [5.74, 6) is 3.64. The molecule has 182 valence electrons. The lowest BCUT2D eigenvalue weighted by atomic mass is 10.1. The van der Waals surface area contributed by atoms with Crippen LogP contribution in [-0.4, -0.2) is 56.3 Å². The maximum atomic E-state index is 14.1. The summed E-state index contributed by atoms with van der Waals surface area (Å²) >= 11 is 0. The molecule has 0 radical (unpaired) electrons. The summed E-state index contributed by atoms with van der Waals surface area (Å²) < 4.78 is 34.9. The Labute approximate surface area is 199 Å². The van der Waals surface area contributed by atoms with E-state index < -0.39 is 21.6 Å². The molecule has 2 aromatic carbocycles. The molecule has 1 aromatic heterocycles. The predicted molar refractivity (Wildman–Crippen MR) is 137 cm³/mol. The van der Waals surface area contributed by atoms with Gasteiger partial charge in [0.25, 0.3) is 5.91 Å². The van der Waals surface area contributed by atoms with Crippen molar-refractivity contribution in [3.05, 3.63) is 48.0 Å². The minimum atomic E-state index is -2.45. The highest BCUT2D eigenvalue weighted by molar-refractivity contribution is 8.00. The Morgan fingerprint density at radius 2 is 1.94 bits per heavy atom. The van der Waals surface area contributed by atoms with Gasteiger partial charge in [-0.25, -0.2) is 18.6 Å². The van der Waals surface area contributed by atoms with Crippen LogP contribution in [0.1, 0.15) is 26.3 Å². The molecular weight excluding hydrogens is 457 g/mol. The highest BCUT2D eigenvalue weighted by atomic mass is 32.2. The van der Waals surface area contributed by atoms with Gasteiger partial charge in [-0.2, -0.15) is 0 Å². The van der Waals surface area contributed by atoms with Gasteiger partial charge in [-0.15, -0.1) is 0 Å². The molecule has 3 aromatic rings. The Bertz CT molecular complexity index is 1310. The van der Waals surface area contributed by atoms with Gasteiger partial charge in [-0.3, -0.25) is 4.79 Å². The molecule has 8 nitrogen and oxygen atoms in total. The third kappa shape index (κ3) is 5.93. The smallest absolute Gasteiger partial charge is 0.263 e. The number of rotatable bonds is 9. The van der Waals surface area contributed by atoms with E-state index in [9.17, 15) is 13.4 Å². The van der Waals surface area contributed by atoms with Crippen molar-refractivity contribution < 1.29 is 18.1 Å². The van der Waals surface area contributed by atoms with Crippen LogP contribution in [0, 0.1) is 12.7 Å². The van der Waals surface area contributed by atoms with E-state index in [2.05, 4.69) is 25.9 Å². The number of amides is 1. The van der Waals surface area contributed by atoms with Gasteiger partial charge in [0.1, 0.15) is 23.7 Å². The van der Waals surface area contributed by atoms with Gasteiger partial charge in [-0.05, 0) is 63.4 Å². The lowest BCUT2D eigenvalue weighted by Gasteiger charge is -2.24. The van der Waals surface area contributed by atoms with Gasteiger partial charge < -0.3 is 19.7 Å². The molecule has 2 atom stereocenters. The first kappa shape index (κ1) is 25.2. The zero-order valence-corrected chi connectivity index (χ0v) is 20.8. The van der Waals surface area contributed by atoms with E-state index in [0.717, 1.165) is 10.9 Å². The third-order valence-corrected chi connectivity index (χ3v) is 5.86. The largest absolute Gasteiger partial charge is 0.479 e. The molecule has 2 N–H and O–H groups in total. The molecule has 0 saturated carbocycles. The van der Waals surface area contributed by atoms with Gasteiger partial charge in [0.05, 0.1) is 11.2 Å². The topological polar surface area (TPSA) is 96.5 Å². The van der Waals surface area contributed by atoms with Crippen molar-refractivity contribution in [1.82, 2.24) is 14.9 Å². The summed E-state index contributed by atoms with van der Waals surface area (Å²) in [5, 5.41) is 3.93. The number of likely N-dealkylation sites (N-methyl/N-ethyl adjacent to an activating group) is 1. The number of aryl methyl sites for hydroxylation is 1. The van der Waals surface area contributed by atoms with Crippen LogP contribution in [0.15, 0.2) is 36.7 Å². The number of nitrogens with one attached hydrogen (secondary N) is 2. The van der Waals surface area contributed by atoms with Crippen molar-refractivity contribution in [3.8, 4) is 5.75 Å². The number of carbonyl (C=O) groups is 1. The molecule has 0 fully saturated rings. The van der Waals surface area contributed by atoms with E-state index in [1.165, 1.54) is 30.8 Å². The predicted octanol–water partition coefficient (Wildman–Crippen LogP) is 4.13. The maximum absolute atomic E-state index is 14.1. The summed E-state index contributed by atoms with van der Waals surface area (Å²) in [5.41, 5.74) is 2.54. The number of anilines is 3. The van der Waals surface area contributed by atoms with E-state index in [1.54, 1.807) is 17.9 Å². The standard InChI is InChI=1S/C24H30FN5O3S/c1-7-30(8-2)24(31)16(4)33-21-12-17(25)9-10-19(21)28-23-22-15(3)11-18(29-34(5,6)32)13-20(22)26-14-27-23/h9-14,16H,5,7-8H2,1-4,6H3,(H,29,32)(H,26,27,28). The second-order valence-electron chi connectivity index (χ2n) is 8.05. The number of ether oxygens (including phenoxy) is 1. The summed E-state index contributed by atoms with van der Waals surface area (Å²) in [7, 11) is -2.45. The highest BCUT2D eigenvalue weighted by Gasteiger charge is 2.22. The molecule has 0 aliphatic heterocycles. The lowest BCUT2D eigenvalue weighted by Crippen LogP contribution is -2.40. The first-order valence-corrected chi connectivity index (χ1v) is 13.0. The number of hydrogen-bond donors (Lipinski definition) is 2. The number of hydrogen-bond acceptors (Lipinski definition) is 6. The monoisotopic (exact) mass is 487 g/mol. The van der Waals surface area contributed by atoms with E-state index in [-0.39, 0.29) is 11.7 Å². The summed E-state index contributed by atoms with van der Waals surface area (Å²) in [6.07, 6.45) is 2.12. The Hall–Kier alpha value is -3.40. The van der Waals surface area contributed by atoms with Gasteiger partial charge in [0.15, 0.2) is 6.10 Å². The second kappa shape index (κ2) is 10.3. The van der Waals surface area contributed by atoms with E-state index in [1.807, 2.05) is 26.8 Å². The fourth-order valence-electron chi connectivity index (χ4n) is 3.65. The minimum absolute atomic E-state index is 0.179. The molecule has 0 bridgehead atoms. The van der Waals surface area contributed by atoms with E-state index >= 15 is 0 Å². The average Bonchev–Trinajstić information content (AvgIpc) is 2.75. The van der Waals surface area contributed by atoms with Crippen LogP contribution >= 0.6 is 0 Å². The molecule has 0 aliphatic rings. The number of carbonyl (C=O) groups excluding carboxylic acids is 1. The summed E-state index contributed by atoms with van der Waals surface area (Å²) in [6, 6.07) is 7.66. The molecule has 34 heavy (non-hydrogen) atoms. The van der Waals surface area contributed by atoms with Crippen LogP contribution in [0.5, 0.6) is 5.75 Å².